The lowest BCUT2D eigenvalue weighted by Crippen LogP contribution is -2.27. The zero-order chi connectivity index (χ0) is 20.9. The molecule has 1 spiro atoms. The maximum Gasteiger partial charge on any atom is 0.0728 e. The van der Waals surface area contributed by atoms with Crippen LogP contribution in [0, 0.1) is 0 Å². The Bertz CT molecular complexity index is 1540. The molecule has 0 aliphatic heterocycles. The van der Waals surface area contributed by atoms with Crippen molar-refractivity contribution in [3.63, 3.8) is 0 Å². The van der Waals surface area contributed by atoms with Gasteiger partial charge < -0.3 is 0 Å². The average Bonchev–Trinajstić information content (AvgIpc) is 3.48. The largest absolute Gasteiger partial charge is 0.0728 e. The lowest BCUT2D eigenvalue weighted by atomic mass is 9.69. The van der Waals surface area contributed by atoms with Crippen molar-refractivity contribution in [2.45, 2.75) is 11.8 Å². The quantitative estimate of drug-likeness (QED) is 0.244. The number of rotatable bonds is 0. The lowest BCUT2D eigenvalue weighted by molar-refractivity contribution is 0.784. The first-order valence-electron chi connectivity index (χ1n) is 11.4. The van der Waals surface area contributed by atoms with Crippen LogP contribution in [-0.4, -0.2) is 0 Å². The van der Waals surface area contributed by atoms with E-state index >= 15 is 0 Å². The SMILES string of the molecule is c1ccc2c(c1)Cc1c-2ccc2c1C1(c3ccccc3-c3ccccc31)c1ccccc1-2. The molecule has 8 rings (SSSR count). The summed E-state index contributed by atoms with van der Waals surface area (Å²) in [4.78, 5) is 0. The second kappa shape index (κ2) is 5.66. The maximum atomic E-state index is 2.38. The molecule has 0 saturated carbocycles. The summed E-state index contributed by atoms with van der Waals surface area (Å²) in [7, 11) is 0. The molecule has 32 heavy (non-hydrogen) atoms. The molecule has 0 bridgehead atoms. The van der Waals surface area contributed by atoms with E-state index in [1.165, 1.54) is 66.8 Å². The Morgan fingerprint density at radius 2 is 0.875 bits per heavy atom. The van der Waals surface area contributed by atoms with Crippen molar-refractivity contribution in [3.05, 3.63) is 143 Å². The van der Waals surface area contributed by atoms with Crippen molar-refractivity contribution in [2.75, 3.05) is 0 Å². The van der Waals surface area contributed by atoms with Gasteiger partial charge in [-0.05, 0) is 73.2 Å². The van der Waals surface area contributed by atoms with Crippen molar-refractivity contribution in [1.82, 2.24) is 0 Å². The van der Waals surface area contributed by atoms with Gasteiger partial charge in [0.1, 0.15) is 0 Å². The third-order valence-electron chi connectivity index (χ3n) is 7.94. The third kappa shape index (κ3) is 1.74. The van der Waals surface area contributed by atoms with Crippen molar-refractivity contribution < 1.29 is 0 Å². The molecule has 3 aliphatic carbocycles. The summed E-state index contributed by atoms with van der Waals surface area (Å²) in [6.07, 6.45) is 1.01. The average molecular weight is 405 g/mol. The van der Waals surface area contributed by atoms with E-state index in [2.05, 4.69) is 109 Å². The van der Waals surface area contributed by atoms with Crippen LogP contribution < -0.4 is 0 Å². The van der Waals surface area contributed by atoms with E-state index in [1.54, 1.807) is 0 Å². The fourth-order valence-corrected chi connectivity index (χ4v) is 6.84. The number of hydrogen-bond donors (Lipinski definition) is 0. The van der Waals surface area contributed by atoms with Crippen LogP contribution in [0.25, 0.3) is 33.4 Å². The summed E-state index contributed by atoms with van der Waals surface area (Å²) < 4.78 is 0. The Morgan fingerprint density at radius 3 is 1.50 bits per heavy atom. The van der Waals surface area contributed by atoms with Gasteiger partial charge in [0.05, 0.1) is 5.41 Å². The van der Waals surface area contributed by atoms with Gasteiger partial charge in [-0.25, -0.2) is 0 Å². The number of benzene rings is 5. The molecule has 0 fully saturated rings. The smallest absolute Gasteiger partial charge is 0.0619 e. The van der Waals surface area contributed by atoms with E-state index in [0.717, 1.165) is 6.42 Å². The molecule has 0 amide bonds. The highest BCUT2D eigenvalue weighted by Crippen LogP contribution is 2.64. The minimum atomic E-state index is -0.244. The zero-order valence-electron chi connectivity index (χ0n) is 17.6. The summed E-state index contributed by atoms with van der Waals surface area (Å²) in [5.41, 5.74) is 16.8. The molecule has 0 nitrogen and oxygen atoms in total. The molecule has 0 saturated heterocycles. The summed E-state index contributed by atoms with van der Waals surface area (Å²) in [5, 5.41) is 0. The summed E-state index contributed by atoms with van der Waals surface area (Å²) >= 11 is 0. The molecule has 0 N–H and O–H groups in total. The highest BCUT2D eigenvalue weighted by Gasteiger charge is 2.53. The standard InChI is InChI=1S/C32H20/c1-2-10-21-20(9-1)19-27-22(21)17-18-26-25-13-5-8-16-30(25)32(31(26)27)28-14-6-3-11-23(28)24-12-4-7-15-29(24)32/h1-18H,19H2. The summed E-state index contributed by atoms with van der Waals surface area (Å²) in [6, 6.07) is 40.9. The van der Waals surface area contributed by atoms with Crippen LogP contribution in [0.15, 0.2) is 109 Å². The Morgan fingerprint density at radius 1 is 0.406 bits per heavy atom. The van der Waals surface area contributed by atoms with Crippen molar-refractivity contribution in [3.8, 4) is 33.4 Å². The molecule has 0 heterocycles. The van der Waals surface area contributed by atoms with Crippen molar-refractivity contribution in [2.24, 2.45) is 0 Å². The highest BCUT2D eigenvalue weighted by atomic mass is 14.5. The van der Waals surface area contributed by atoms with Gasteiger partial charge in [0.2, 0.25) is 0 Å². The molecule has 0 atom stereocenters. The second-order valence-electron chi connectivity index (χ2n) is 9.23. The van der Waals surface area contributed by atoms with Crippen LogP contribution in [0.1, 0.15) is 33.4 Å². The molecule has 0 aromatic heterocycles. The van der Waals surface area contributed by atoms with Gasteiger partial charge >= 0.3 is 0 Å². The fourth-order valence-electron chi connectivity index (χ4n) is 6.84. The van der Waals surface area contributed by atoms with Crippen LogP contribution in [0.3, 0.4) is 0 Å². The first-order chi connectivity index (χ1) is 15.9. The zero-order valence-corrected chi connectivity index (χ0v) is 17.6. The molecular weight excluding hydrogens is 384 g/mol. The normalized spacial score (nSPS) is 15.0. The fraction of sp³-hybridized carbons (Fsp3) is 0.0625. The van der Waals surface area contributed by atoms with E-state index in [0.29, 0.717) is 0 Å². The molecule has 0 radical (unpaired) electrons. The Kier molecular flexibility index (Phi) is 2.96. The third-order valence-corrected chi connectivity index (χ3v) is 7.94. The summed E-state index contributed by atoms with van der Waals surface area (Å²) in [6.45, 7) is 0. The Hall–Kier alpha value is -3.90. The minimum absolute atomic E-state index is 0.244. The molecule has 148 valence electrons. The first kappa shape index (κ1) is 16.8. The minimum Gasteiger partial charge on any atom is -0.0619 e. The topological polar surface area (TPSA) is 0 Å². The monoisotopic (exact) mass is 404 g/mol. The second-order valence-corrected chi connectivity index (χ2v) is 9.23. The van der Waals surface area contributed by atoms with E-state index in [9.17, 15) is 0 Å². The molecule has 5 aromatic carbocycles. The van der Waals surface area contributed by atoms with Crippen molar-refractivity contribution >= 4 is 0 Å². The van der Waals surface area contributed by atoms with Gasteiger partial charge in [-0.15, -0.1) is 0 Å². The van der Waals surface area contributed by atoms with Gasteiger partial charge in [0, 0.05) is 0 Å². The van der Waals surface area contributed by atoms with Gasteiger partial charge in [-0.3, -0.25) is 0 Å². The van der Waals surface area contributed by atoms with Gasteiger partial charge in [0.25, 0.3) is 0 Å². The van der Waals surface area contributed by atoms with E-state index in [4.69, 9.17) is 0 Å². The number of fused-ring (bicyclic) bond motifs is 14. The first-order valence-corrected chi connectivity index (χ1v) is 11.4. The van der Waals surface area contributed by atoms with Gasteiger partial charge in [-0.1, -0.05) is 109 Å². The van der Waals surface area contributed by atoms with Crippen LogP contribution in [-0.2, 0) is 11.8 Å². The van der Waals surface area contributed by atoms with Crippen LogP contribution in [0.5, 0.6) is 0 Å². The molecule has 5 aromatic rings. The molecule has 3 aliphatic rings. The van der Waals surface area contributed by atoms with E-state index in [-0.39, 0.29) is 5.41 Å². The van der Waals surface area contributed by atoms with Crippen LogP contribution in [0.4, 0.5) is 0 Å². The Labute approximate surface area is 187 Å². The highest BCUT2D eigenvalue weighted by molar-refractivity contribution is 5.98. The Balaban J connectivity index is 1.59. The van der Waals surface area contributed by atoms with Crippen LogP contribution >= 0.6 is 0 Å². The lowest BCUT2D eigenvalue weighted by Gasteiger charge is -2.32. The van der Waals surface area contributed by atoms with Crippen molar-refractivity contribution in [1.29, 1.82) is 0 Å². The van der Waals surface area contributed by atoms with Crippen LogP contribution in [0.2, 0.25) is 0 Å². The molecular formula is C32H20. The summed E-state index contributed by atoms with van der Waals surface area (Å²) in [5.74, 6) is 0. The van der Waals surface area contributed by atoms with E-state index in [1.807, 2.05) is 0 Å². The van der Waals surface area contributed by atoms with Gasteiger partial charge in [-0.2, -0.15) is 0 Å². The predicted octanol–water partition coefficient (Wildman–Crippen LogP) is 7.60. The maximum absolute atomic E-state index is 2.38. The predicted molar refractivity (Wildman–Crippen MR) is 131 cm³/mol. The molecule has 0 heteroatoms. The van der Waals surface area contributed by atoms with E-state index < -0.39 is 0 Å². The number of hydrogen-bond acceptors (Lipinski definition) is 0. The molecule has 0 unspecified atom stereocenters. The van der Waals surface area contributed by atoms with Gasteiger partial charge in [0.15, 0.2) is 0 Å².